The molecular formula is C19H19ClN2O3. The summed E-state index contributed by atoms with van der Waals surface area (Å²) in [6.07, 6.45) is 0.225. The Labute approximate surface area is 151 Å². The Morgan fingerprint density at radius 2 is 1.72 bits per heavy atom. The van der Waals surface area contributed by atoms with E-state index in [0.29, 0.717) is 35.4 Å². The maximum atomic E-state index is 12.0. The quantitative estimate of drug-likeness (QED) is 0.889. The molecule has 0 atom stereocenters. The molecule has 0 saturated carbocycles. The molecule has 1 aliphatic heterocycles. The molecule has 0 spiro atoms. The number of hydrogen-bond acceptors (Lipinski definition) is 4. The first-order valence-corrected chi connectivity index (χ1v) is 8.55. The number of nitrogens with one attached hydrogen (secondary N) is 1. The van der Waals surface area contributed by atoms with Crippen molar-refractivity contribution in [3.63, 3.8) is 0 Å². The highest BCUT2D eigenvalue weighted by atomic mass is 35.5. The number of benzene rings is 2. The number of carbonyl (C=O) groups is 1. The zero-order chi connectivity index (χ0) is 17.8. The van der Waals surface area contributed by atoms with E-state index in [-0.39, 0.29) is 12.3 Å². The van der Waals surface area contributed by atoms with Gasteiger partial charge in [-0.1, -0.05) is 23.7 Å². The highest BCUT2D eigenvalue weighted by molar-refractivity contribution is 6.30. The minimum absolute atomic E-state index is 0.170. The molecule has 0 radical (unpaired) electrons. The molecule has 2 aromatic rings. The second-order valence-electron chi connectivity index (χ2n) is 5.50. The molecule has 6 heteroatoms. The molecular weight excluding hydrogens is 340 g/mol. The summed E-state index contributed by atoms with van der Waals surface area (Å²) >= 11 is 5.98. The summed E-state index contributed by atoms with van der Waals surface area (Å²) in [7, 11) is 0. The van der Waals surface area contributed by atoms with Gasteiger partial charge in [-0.2, -0.15) is 5.10 Å². The molecule has 0 aromatic heterocycles. The standard InChI is InChI=1S/C19H19ClN2O3/c1-3-24-16-9-13-10-18(23)21-22-19(12-5-7-14(20)8-6-12)15(13)11-17(16)25-4-2/h5-9,11H,3-4,10H2,1-2H3,(H,21,23). The fourth-order valence-electron chi connectivity index (χ4n) is 2.72. The molecule has 1 amide bonds. The average molecular weight is 359 g/mol. The summed E-state index contributed by atoms with van der Waals surface area (Å²) in [6.45, 7) is 4.86. The fraction of sp³-hybridized carbons (Fsp3) is 0.263. The van der Waals surface area contributed by atoms with Crippen molar-refractivity contribution in [2.45, 2.75) is 20.3 Å². The molecule has 0 fully saturated rings. The third-order valence-corrected chi connectivity index (χ3v) is 4.04. The van der Waals surface area contributed by atoms with Crippen molar-refractivity contribution < 1.29 is 14.3 Å². The van der Waals surface area contributed by atoms with Gasteiger partial charge in [0.05, 0.1) is 25.3 Å². The lowest BCUT2D eigenvalue weighted by atomic mass is 9.95. The van der Waals surface area contributed by atoms with Gasteiger partial charge in [0.25, 0.3) is 0 Å². The zero-order valence-corrected chi connectivity index (χ0v) is 14.9. The normalized spacial score (nSPS) is 13.4. The van der Waals surface area contributed by atoms with Crippen molar-refractivity contribution in [2.24, 2.45) is 5.10 Å². The molecule has 2 aromatic carbocycles. The Morgan fingerprint density at radius 1 is 1.08 bits per heavy atom. The molecule has 1 heterocycles. The van der Waals surface area contributed by atoms with Crippen LogP contribution in [0.15, 0.2) is 41.5 Å². The molecule has 0 unspecified atom stereocenters. The average Bonchev–Trinajstić information content (AvgIpc) is 2.75. The van der Waals surface area contributed by atoms with Crippen LogP contribution in [0, 0.1) is 0 Å². The summed E-state index contributed by atoms with van der Waals surface area (Å²) in [4.78, 5) is 12.0. The smallest absolute Gasteiger partial charge is 0.244 e. The Balaban J connectivity index is 2.15. The molecule has 0 saturated heterocycles. The van der Waals surface area contributed by atoms with E-state index in [0.717, 1.165) is 16.7 Å². The first kappa shape index (κ1) is 17.3. The van der Waals surface area contributed by atoms with Crippen molar-refractivity contribution in [2.75, 3.05) is 13.2 Å². The Hall–Kier alpha value is -2.53. The lowest BCUT2D eigenvalue weighted by Gasteiger charge is -2.16. The Kier molecular flexibility index (Phi) is 5.24. The van der Waals surface area contributed by atoms with Crippen LogP contribution in [0.2, 0.25) is 5.02 Å². The van der Waals surface area contributed by atoms with Crippen LogP contribution < -0.4 is 14.9 Å². The molecule has 3 rings (SSSR count). The Bertz CT molecular complexity index is 816. The van der Waals surface area contributed by atoms with Crippen molar-refractivity contribution in [1.82, 2.24) is 5.43 Å². The fourth-order valence-corrected chi connectivity index (χ4v) is 2.85. The Morgan fingerprint density at radius 3 is 2.36 bits per heavy atom. The van der Waals surface area contributed by atoms with Crippen LogP contribution in [0.4, 0.5) is 0 Å². The number of halogens is 1. The summed E-state index contributed by atoms with van der Waals surface area (Å²) in [5.41, 5.74) is 5.80. The van der Waals surface area contributed by atoms with E-state index in [1.165, 1.54) is 0 Å². The molecule has 5 nitrogen and oxygen atoms in total. The van der Waals surface area contributed by atoms with Gasteiger partial charge in [-0.25, -0.2) is 5.43 Å². The zero-order valence-electron chi connectivity index (χ0n) is 14.1. The van der Waals surface area contributed by atoms with Crippen molar-refractivity contribution >= 4 is 23.2 Å². The van der Waals surface area contributed by atoms with Crippen molar-refractivity contribution in [1.29, 1.82) is 0 Å². The van der Waals surface area contributed by atoms with Crippen LogP contribution in [-0.2, 0) is 11.2 Å². The van der Waals surface area contributed by atoms with E-state index in [4.69, 9.17) is 21.1 Å². The number of carbonyl (C=O) groups excluding carboxylic acids is 1. The van der Waals surface area contributed by atoms with Gasteiger partial charge in [0.2, 0.25) is 5.91 Å². The molecule has 1 aliphatic rings. The largest absolute Gasteiger partial charge is 0.490 e. The SMILES string of the molecule is CCOc1cc2c(cc1OCC)C(c1ccc(Cl)cc1)=NNC(=O)C2. The van der Waals surface area contributed by atoms with Gasteiger partial charge in [0.1, 0.15) is 0 Å². The number of rotatable bonds is 5. The van der Waals surface area contributed by atoms with Crippen LogP contribution in [0.25, 0.3) is 0 Å². The first-order chi connectivity index (χ1) is 12.1. The number of amides is 1. The van der Waals surface area contributed by atoms with Gasteiger partial charge in [-0.15, -0.1) is 0 Å². The van der Waals surface area contributed by atoms with Gasteiger partial charge in [-0.3, -0.25) is 4.79 Å². The maximum absolute atomic E-state index is 12.0. The summed E-state index contributed by atoms with van der Waals surface area (Å²) in [5, 5.41) is 4.94. The van der Waals surface area contributed by atoms with Gasteiger partial charge in [0, 0.05) is 16.1 Å². The van der Waals surface area contributed by atoms with E-state index in [1.54, 1.807) is 12.1 Å². The minimum atomic E-state index is -0.170. The highest BCUT2D eigenvalue weighted by Gasteiger charge is 2.22. The summed E-state index contributed by atoms with van der Waals surface area (Å²) < 4.78 is 11.4. The minimum Gasteiger partial charge on any atom is -0.490 e. The van der Waals surface area contributed by atoms with Crippen LogP contribution in [0.5, 0.6) is 11.5 Å². The molecule has 1 N–H and O–H groups in total. The molecule has 0 aliphatic carbocycles. The third kappa shape index (κ3) is 3.77. The first-order valence-electron chi connectivity index (χ1n) is 8.17. The van der Waals surface area contributed by atoms with Crippen LogP contribution in [0.1, 0.15) is 30.5 Å². The van der Waals surface area contributed by atoms with Gasteiger partial charge >= 0.3 is 0 Å². The van der Waals surface area contributed by atoms with E-state index in [9.17, 15) is 4.79 Å². The lowest BCUT2D eigenvalue weighted by molar-refractivity contribution is -0.120. The van der Waals surface area contributed by atoms with E-state index >= 15 is 0 Å². The highest BCUT2D eigenvalue weighted by Crippen LogP contribution is 2.33. The van der Waals surface area contributed by atoms with Crippen LogP contribution in [-0.4, -0.2) is 24.8 Å². The monoisotopic (exact) mass is 358 g/mol. The maximum Gasteiger partial charge on any atom is 0.244 e. The number of fused-ring (bicyclic) bond motifs is 1. The van der Waals surface area contributed by atoms with Crippen molar-refractivity contribution in [3.8, 4) is 11.5 Å². The summed E-state index contributed by atoms with van der Waals surface area (Å²) in [6, 6.07) is 11.1. The number of ether oxygens (including phenoxy) is 2. The third-order valence-electron chi connectivity index (χ3n) is 3.79. The topological polar surface area (TPSA) is 59.9 Å². The number of hydrogen-bond donors (Lipinski definition) is 1. The van der Waals surface area contributed by atoms with E-state index in [2.05, 4.69) is 10.5 Å². The number of hydrazone groups is 1. The van der Waals surface area contributed by atoms with Gasteiger partial charge < -0.3 is 9.47 Å². The van der Waals surface area contributed by atoms with Crippen LogP contribution in [0.3, 0.4) is 0 Å². The second-order valence-corrected chi connectivity index (χ2v) is 5.94. The molecule has 0 bridgehead atoms. The van der Waals surface area contributed by atoms with E-state index < -0.39 is 0 Å². The van der Waals surface area contributed by atoms with Gasteiger partial charge in [0.15, 0.2) is 11.5 Å². The van der Waals surface area contributed by atoms with Gasteiger partial charge in [-0.05, 0) is 43.7 Å². The van der Waals surface area contributed by atoms with Crippen LogP contribution >= 0.6 is 11.6 Å². The molecule has 25 heavy (non-hydrogen) atoms. The predicted molar refractivity (Wildman–Crippen MR) is 97.7 cm³/mol. The summed E-state index contributed by atoms with van der Waals surface area (Å²) in [5.74, 6) is 1.10. The second kappa shape index (κ2) is 7.57. The van der Waals surface area contributed by atoms with Crippen molar-refractivity contribution in [3.05, 3.63) is 58.1 Å². The number of nitrogens with zero attached hydrogens (tertiary/aromatic N) is 1. The molecule has 130 valence electrons. The van der Waals surface area contributed by atoms with E-state index in [1.807, 2.05) is 38.1 Å². The predicted octanol–water partition coefficient (Wildman–Crippen LogP) is 3.56. The lowest BCUT2D eigenvalue weighted by Crippen LogP contribution is -2.18.